The fourth-order valence-corrected chi connectivity index (χ4v) is 11.2. The van der Waals surface area contributed by atoms with Crippen molar-refractivity contribution >= 4 is 18.2 Å². The van der Waals surface area contributed by atoms with Gasteiger partial charge in [-0.3, -0.25) is 0 Å². The van der Waals surface area contributed by atoms with Gasteiger partial charge >= 0.3 is 0 Å². The van der Waals surface area contributed by atoms with Gasteiger partial charge in [-0.1, -0.05) is 136 Å². The fourth-order valence-electron chi connectivity index (χ4n) is 8.25. The molecule has 326 valence electrons. The summed E-state index contributed by atoms with van der Waals surface area (Å²) < 4.78 is 46.7. The number of ether oxygens (including phenoxy) is 2. The summed E-state index contributed by atoms with van der Waals surface area (Å²) in [6.45, 7) is 14.2. The van der Waals surface area contributed by atoms with E-state index >= 15 is 0 Å². The molecular weight excluding hydrogens is 741 g/mol. The van der Waals surface area contributed by atoms with Crippen LogP contribution in [0.3, 0.4) is 0 Å². The number of benzene rings is 1. The van der Waals surface area contributed by atoms with Crippen molar-refractivity contribution in [3.8, 4) is 0 Å². The van der Waals surface area contributed by atoms with Crippen molar-refractivity contribution in [3.63, 3.8) is 0 Å². The lowest BCUT2D eigenvalue weighted by molar-refractivity contribution is -0.110. The summed E-state index contributed by atoms with van der Waals surface area (Å²) in [5.74, 6) is 0. The van der Waals surface area contributed by atoms with Crippen LogP contribution in [0.5, 0.6) is 0 Å². The zero-order valence-electron chi connectivity index (χ0n) is 36.5. The predicted molar refractivity (Wildman–Crippen MR) is 232 cm³/mol. The Morgan fingerprint density at radius 1 is 0.679 bits per heavy atom. The van der Waals surface area contributed by atoms with Crippen molar-refractivity contribution in [2.75, 3.05) is 6.61 Å². The van der Waals surface area contributed by atoms with Gasteiger partial charge in [0, 0.05) is 6.61 Å². The maximum Gasteiger partial charge on any atom is 0.191 e. The van der Waals surface area contributed by atoms with Gasteiger partial charge in [0.05, 0.1) is 52.9 Å². The van der Waals surface area contributed by atoms with Crippen molar-refractivity contribution in [1.82, 2.24) is 0 Å². The Morgan fingerprint density at radius 2 is 1.16 bits per heavy atom. The lowest BCUT2D eigenvalue weighted by atomic mass is 10.00. The molecule has 3 N–H and O–H groups in total. The number of sulfone groups is 1. The van der Waals surface area contributed by atoms with Gasteiger partial charge in [-0.05, 0) is 94.5 Å². The Bertz CT molecular complexity index is 1270. The van der Waals surface area contributed by atoms with Crippen LogP contribution in [0.2, 0.25) is 18.1 Å². The Hall–Kier alpha value is -0.853. The molecule has 3 rings (SSSR count). The van der Waals surface area contributed by atoms with E-state index in [1.165, 1.54) is 38.5 Å². The Labute approximate surface area is 344 Å². The SMILES string of the molecule is CCCCCCCCCC[C@@H](O)[C@H]1CC[C@H]([C@H]2CC[C@H]([C@@H](O)CC(CCCCCCCC[C@@H](O)CCCO[Si](C)(C)C(C)(C)C)S(=O)(=O)c3ccccc3)O2)O1. The highest BCUT2D eigenvalue weighted by atomic mass is 32.2. The van der Waals surface area contributed by atoms with E-state index in [0.29, 0.717) is 17.7 Å². The molecule has 0 radical (unpaired) electrons. The van der Waals surface area contributed by atoms with Crippen LogP contribution in [0, 0.1) is 0 Å². The fraction of sp³-hybridized carbons (Fsp3) is 0.870. The third-order valence-corrected chi connectivity index (χ3v) is 19.8. The van der Waals surface area contributed by atoms with E-state index in [2.05, 4.69) is 40.8 Å². The molecule has 2 aliphatic heterocycles. The van der Waals surface area contributed by atoms with Gasteiger partial charge in [0.25, 0.3) is 0 Å². The highest BCUT2D eigenvalue weighted by molar-refractivity contribution is 7.92. The van der Waals surface area contributed by atoms with Gasteiger partial charge in [0.1, 0.15) is 0 Å². The zero-order chi connectivity index (χ0) is 41.0. The second-order valence-corrected chi connectivity index (χ2v) is 25.8. The van der Waals surface area contributed by atoms with E-state index in [-0.39, 0.29) is 35.9 Å². The molecule has 0 aliphatic carbocycles. The van der Waals surface area contributed by atoms with Crippen LogP contribution in [-0.4, -0.2) is 86.6 Å². The lowest BCUT2D eigenvalue weighted by Crippen LogP contribution is -2.41. The second-order valence-electron chi connectivity index (χ2n) is 18.8. The molecule has 8 atom stereocenters. The summed E-state index contributed by atoms with van der Waals surface area (Å²) in [5.41, 5.74) is 0. The van der Waals surface area contributed by atoms with Crippen LogP contribution in [0.25, 0.3) is 0 Å². The molecule has 2 fully saturated rings. The molecule has 56 heavy (non-hydrogen) atoms. The highest BCUT2D eigenvalue weighted by Crippen LogP contribution is 2.37. The minimum absolute atomic E-state index is 0.0930. The number of aliphatic hydroxyl groups is 3. The van der Waals surface area contributed by atoms with Crippen LogP contribution in [0.4, 0.5) is 0 Å². The number of hydrogen-bond donors (Lipinski definition) is 3. The van der Waals surface area contributed by atoms with Gasteiger partial charge in [-0.25, -0.2) is 8.42 Å². The van der Waals surface area contributed by atoms with Crippen molar-refractivity contribution in [3.05, 3.63) is 30.3 Å². The summed E-state index contributed by atoms with van der Waals surface area (Å²) in [7, 11) is -5.37. The first-order valence-electron chi connectivity index (χ1n) is 22.9. The van der Waals surface area contributed by atoms with Crippen LogP contribution in [0.15, 0.2) is 35.2 Å². The van der Waals surface area contributed by atoms with E-state index in [1.54, 1.807) is 24.3 Å². The van der Waals surface area contributed by atoms with Crippen LogP contribution in [-0.2, 0) is 23.7 Å². The molecule has 8 nitrogen and oxygen atoms in total. The number of hydrogen-bond acceptors (Lipinski definition) is 8. The predicted octanol–water partition coefficient (Wildman–Crippen LogP) is 10.9. The average molecular weight is 825 g/mol. The minimum atomic E-state index is -3.63. The summed E-state index contributed by atoms with van der Waals surface area (Å²) in [6, 6.07) is 8.65. The maximum absolute atomic E-state index is 13.9. The molecule has 0 aromatic heterocycles. The second kappa shape index (κ2) is 25.7. The van der Waals surface area contributed by atoms with E-state index in [9.17, 15) is 23.7 Å². The Balaban J connectivity index is 1.37. The van der Waals surface area contributed by atoms with Crippen LogP contribution < -0.4 is 0 Å². The van der Waals surface area contributed by atoms with E-state index in [0.717, 1.165) is 103 Å². The van der Waals surface area contributed by atoms with Crippen molar-refractivity contribution in [1.29, 1.82) is 0 Å². The van der Waals surface area contributed by atoms with Gasteiger partial charge in [0.2, 0.25) is 0 Å². The topological polar surface area (TPSA) is 123 Å². The molecule has 1 aromatic rings. The standard InChI is InChI=1S/C46H84O8SSi/c1-7-8-9-10-11-12-17-23-30-40(48)42-31-33-44(53-42)45-34-32-43(54-45)41(49)36-39(55(50,51)38-27-21-18-22-28-38)29-20-16-14-13-15-19-25-37(47)26-24-35-52-56(5,6)46(2,3)4/h18,21-22,27-28,37,39-45,47-49H,7-17,19-20,23-26,29-36H2,1-6H3/t37-,39?,40-,41+,42-,43-,44-,45-/m1/s1. The summed E-state index contributed by atoms with van der Waals surface area (Å²) in [6.07, 6.45) is 20.4. The minimum Gasteiger partial charge on any atom is -0.417 e. The molecular formula is C46H84O8SSi. The third-order valence-electron chi connectivity index (χ3n) is 13.1. The summed E-state index contributed by atoms with van der Waals surface area (Å²) >= 11 is 0. The largest absolute Gasteiger partial charge is 0.417 e. The van der Waals surface area contributed by atoms with Gasteiger partial charge in [0.15, 0.2) is 18.2 Å². The highest BCUT2D eigenvalue weighted by Gasteiger charge is 2.42. The first-order valence-corrected chi connectivity index (χ1v) is 27.4. The first-order chi connectivity index (χ1) is 26.7. The molecule has 2 saturated heterocycles. The number of rotatable bonds is 30. The molecule has 10 heteroatoms. The number of aliphatic hydroxyl groups excluding tert-OH is 3. The molecule has 1 unspecified atom stereocenters. The smallest absolute Gasteiger partial charge is 0.191 e. The van der Waals surface area contributed by atoms with Crippen molar-refractivity contribution in [2.45, 2.75) is 253 Å². The normalized spacial score (nSPS) is 23.0. The molecule has 0 amide bonds. The van der Waals surface area contributed by atoms with E-state index in [1.807, 2.05) is 6.07 Å². The molecule has 0 spiro atoms. The third kappa shape index (κ3) is 17.4. The van der Waals surface area contributed by atoms with Gasteiger partial charge < -0.3 is 29.2 Å². The summed E-state index contributed by atoms with van der Waals surface area (Å²) in [5, 5.41) is 32.3. The molecule has 0 bridgehead atoms. The molecule has 1 aromatic carbocycles. The van der Waals surface area contributed by atoms with Crippen molar-refractivity contribution < 1.29 is 37.6 Å². The first kappa shape index (κ1) is 49.5. The average Bonchev–Trinajstić information content (AvgIpc) is 3.86. The van der Waals surface area contributed by atoms with E-state index < -0.39 is 41.7 Å². The number of unbranched alkanes of at least 4 members (excludes halogenated alkanes) is 12. The summed E-state index contributed by atoms with van der Waals surface area (Å²) in [4.78, 5) is 0.309. The quantitative estimate of drug-likeness (QED) is 0.0518. The Morgan fingerprint density at radius 3 is 1.71 bits per heavy atom. The molecule has 2 heterocycles. The van der Waals surface area contributed by atoms with Gasteiger partial charge in [-0.15, -0.1) is 0 Å². The maximum atomic E-state index is 13.9. The molecule has 0 saturated carbocycles. The van der Waals surface area contributed by atoms with Crippen LogP contribution in [0.1, 0.15) is 182 Å². The van der Waals surface area contributed by atoms with Gasteiger partial charge in [-0.2, -0.15) is 0 Å². The molecule has 2 aliphatic rings. The zero-order valence-corrected chi connectivity index (χ0v) is 38.3. The van der Waals surface area contributed by atoms with E-state index in [4.69, 9.17) is 13.9 Å². The van der Waals surface area contributed by atoms with Crippen LogP contribution >= 0.6 is 0 Å². The lowest BCUT2D eigenvalue weighted by Gasteiger charge is -2.36. The Kier molecular flexibility index (Phi) is 22.7. The van der Waals surface area contributed by atoms with Crippen molar-refractivity contribution in [2.24, 2.45) is 0 Å². The monoisotopic (exact) mass is 825 g/mol.